The molecule has 6 nitrogen and oxygen atoms in total. The van der Waals surface area contributed by atoms with Gasteiger partial charge in [0, 0.05) is 24.7 Å². The minimum absolute atomic E-state index is 0.0285. The quantitative estimate of drug-likeness (QED) is 0.708. The Morgan fingerprint density at radius 2 is 2.04 bits per heavy atom. The molecule has 158 valence electrons. The summed E-state index contributed by atoms with van der Waals surface area (Å²) in [6.45, 7) is 7.95. The van der Waals surface area contributed by atoms with Crippen molar-refractivity contribution >= 4 is 39.1 Å². The molecule has 0 aromatic heterocycles. The Kier molecular flexibility index (Phi) is 8.02. The molecule has 1 fully saturated rings. The topological polar surface area (TPSA) is 75.7 Å². The van der Waals surface area contributed by atoms with Crippen LogP contribution in [0.1, 0.15) is 33.6 Å². The van der Waals surface area contributed by atoms with E-state index in [9.17, 15) is 13.2 Å². The van der Waals surface area contributed by atoms with Gasteiger partial charge in [-0.15, -0.1) is 0 Å². The van der Waals surface area contributed by atoms with Crippen LogP contribution in [0.4, 0.5) is 4.79 Å². The Bertz CT molecular complexity index is 794. The molecule has 9 heteroatoms. The van der Waals surface area contributed by atoms with Gasteiger partial charge in [-0.25, -0.2) is 13.2 Å². The fourth-order valence-electron chi connectivity index (χ4n) is 3.14. The highest BCUT2D eigenvalue weighted by Gasteiger charge is 2.25. The number of ether oxygens (including phenoxy) is 1. The number of halogens is 2. The number of sulfone groups is 1. The zero-order valence-corrected chi connectivity index (χ0v) is 18.8. The number of alkyl carbamates (subject to hydrolysis) is 1. The van der Waals surface area contributed by atoms with E-state index in [1.807, 2.05) is 20.8 Å². The van der Waals surface area contributed by atoms with Gasteiger partial charge in [-0.2, -0.15) is 0 Å². The lowest BCUT2D eigenvalue weighted by Crippen LogP contribution is -2.43. The van der Waals surface area contributed by atoms with Crippen LogP contribution < -0.4 is 5.32 Å². The third kappa shape index (κ3) is 7.43. The molecule has 1 aliphatic rings. The average molecular weight is 451 g/mol. The third-order valence-corrected chi connectivity index (χ3v) is 6.85. The predicted octanol–water partition coefficient (Wildman–Crippen LogP) is 4.00. The number of hydrogen-bond donors (Lipinski definition) is 1. The Balaban J connectivity index is 1.86. The van der Waals surface area contributed by atoms with Gasteiger partial charge >= 0.3 is 6.09 Å². The Labute approximate surface area is 177 Å². The van der Waals surface area contributed by atoms with E-state index in [0.717, 1.165) is 25.9 Å². The number of likely N-dealkylation sites (tertiary alicyclic amines) is 1. The lowest BCUT2D eigenvalue weighted by atomic mass is 9.98. The lowest BCUT2D eigenvalue weighted by Gasteiger charge is -2.32. The van der Waals surface area contributed by atoms with Crippen molar-refractivity contribution in [2.45, 2.75) is 44.1 Å². The number of carbonyl (C=O) groups excluding carboxylic acids is 1. The monoisotopic (exact) mass is 450 g/mol. The van der Waals surface area contributed by atoms with Crippen molar-refractivity contribution in [2.75, 3.05) is 31.9 Å². The summed E-state index contributed by atoms with van der Waals surface area (Å²) < 4.78 is 30.5. The van der Waals surface area contributed by atoms with Crippen LogP contribution >= 0.6 is 23.2 Å². The Morgan fingerprint density at radius 3 is 2.71 bits per heavy atom. The number of carbonyl (C=O) groups is 1. The zero-order chi connectivity index (χ0) is 20.9. The molecule has 1 saturated heterocycles. The fraction of sp³-hybridized carbons (Fsp3) is 0.632. The van der Waals surface area contributed by atoms with Gasteiger partial charge < -0.3 is 15.0 Å². The second-order valence-electron chi connectivity index (χ2n) is 8.09. The van der Waals surface area contributed by atoms with Crippen LogP contribution in [0.5, 0.6) is 0 Å². The van der Waals surface area contributed by atoms with Gasteiger partial charge in [0.1, 0.15) is 5.60 Å². The summed E-state index contributed by atoms with van der Waals surface area (Å²) in [5.74, 6) is 0.234. The van der Waals surface area contributed by atoms with Crippen molar-refractivity contribution in [1.82, 2.24) is 10.2 Å². The Morgan fingerprint density at radius 1 is 1.32 bits per heavy atom. The molecule has 0 radical (unpaired) electrons. The van der Waals surface area contributed by atoms with E-state index in [-0.39, 0.29) is 21.6 Å². The second kappa shape index (κ2) is 9.65. The maximum absolute atomic E-state index is 12.6. The van der Waals surface area contributed by atoms with Gasteiger partial charge in [0.25, 0.3) is 0 Å². The lowest BCUT2D eigenvalue weighted by molar-refractivity contribution is 0.0508. The first-order valence-electron chi connectivity index (χ1n) is 9.33. The summed E-state index contributed by atoms with van der Waals surface area (Å²) in [5, 5.41) is 3.33. The van der Waals surface area contributed by atoms with E-state index >= 15 is 0 Å². The van der Waals surface area contributed by atoms with Crippen LogP contribution in [0, 0.1) is 5.92 Å². The van der Waals surface area contributed by atoms with Crippen LogP contribution in [-0.2, 0) is 14.6 Å². The zero-order valence-electron chi connectivity index (χ0n) is 16.5. The molecular formula is C19H28Cl2N2O4S. The number of benzene rings is 1. The largest absolute Gasteiger partial charge is 0.444 e. The van der Waals surface area contributed by atoms with Crippen LogP contribution in [0.3, 0.4) is 0 Å². The molecule has 2 rings (SSSR count). The van der Waals surface area contributed by atoms with Gasteiger partial charge in [-0.05, 0) is 64.3 Å². The van der Waals surface area contributed by atoms with Crippen molar-refractivity contribution in [2.24, 2.45) is 5.92 Å². The number of nitrogens with one attached hydrogen (secondary N) is 1. The molecule has 1 heterocycles. The van der Waals surface area contributed by atoms with E-state index in [1.165, 1.54) is 12.1 Å². The van der Waals surface area contributed by atoms with Crippen molar-refractivity contribution in [3.8, 4) is 0 Å². The number of nitrogens with zero attached hydrogens (tertiary/aromatic N) is 1. The molecule has 1 N–H and O–H groups in total. The third-order valence-electron chi connectivity index (χ3n) is 4.44. The molecule has 0 aliphatic carbocycles. The molecule has 1 aromatic rings. The van der Waals surface area contributed by atoms with Crippen LogP contribution in [-0.4, -0.2) is 56.9 Å². The van der Waals surface area contributed by atoms with E-state index < -0.39 is 21.5 Å². The highest BCUT2D eigenvalue weighted by Crippen LogP contribution is 2.26. The summed E-state index contributed by atoms with van der Waals surface area (Å²) in [6.07, 6.45) is 1.51. The smallest absolute Gasteiger partial charge is 0.407 e. The van der Waals surface area contributed by atoms with Gasteiger partial charge in [0.05, 0.1) is 15.7 Å². The van der Waals surface area contributed by atoms with Crippen LogP contribution in [0.2, 0.25) is 10.0 Å². The first-order chi connectivity index (χ1) is 13.0. The molecule has 28 heavy (non-hydrogen) atoms. The SMILES string of the molecule is CC(C)(C)OC(=O)NCC1CCCN(CCS(=O)(=O)c2cc(Cl)ccc2Cl)C1. The molecule has 1 unspecified atom stereocenters. The highest BCUT2D eigenvalue weighted by molar-refractivity contribution is 7.91. The first kappa shape index (κ1) is 23.3. The number of piperidine rings is 1. The minimum Gasteiger partial charge on any atom is -0.444 e. The average Bonchev–Trinajstić information content (AvgIpc) is 2.59. The predicted molar refractivity (Wildman–Crippen MR) is 112 cm³/mol. The molecule has 1 aliphatic heterocycles. The van der Waals surface area contributed by atoms with Gasteiger partial charge in [0.15, 0.2) is 9.84 Å². The minimum atomic E-state index is -3.52. The number of amides is 1. The number of rotatable bonds is 6. The normalized spacial score (nSPS) is 18.7. The summed E-state index contributed by atoms with van der Waals surface area (Å²) >= 11 is 12.0. The fourth-order valence-corrected chi connectivity index (χ4v) is 5.23. The summed E-state index contributed by atoms with van der Waals surface area (Å²) in [6, 6.07) is 4.45. The molecule has 0 saturated carbocycles. The van der Waals surface area contributed by atoms with Crippen molar-refractivity contribution in [3.63, 3.8) is 0 Å². The second-order valence-corrected chi connectivity index (χ2v) is 11.0. The van der Waals surface area contributed by atoms with Gasteiger partial charge in [-0.1, -0.05) is 23.2 Å². The maximum Gasteiger partial charge on any atom is 0.407 e. The van der Waals surface area contributed by atoms with E-state index in [4.69, 9.17) is 27.9 Å². The van der Waals surface area contributed by atoms with Crippen molar-refractivity contribution < 1.29 is 17.9 Å². The van der Waals surface area contributed by atoms with Crippen LogP contribution in [0.25, 0.3) is 0 Å². The molecule has 0 bridgehead atoms. The van der Waals surface area contributed by atoms with Gasteiger partial charge in [-0.3, -0.25) is 0 Å². The summed E-state index contributed by atoms with van der Waals surface area (Å²) in [5.41, 5.74) is -0.529. The molecule has 1 amide bonds. The van der Waals surface area contributed by atoms with Crippen LogP contribution in [0.15, 0.2) is 23.1 Å². The highest BCUT2D eigenvalue weighted by atomic mass is 35.5. The van der Waals surface area contributed by atoms with Gasteiger partial charge in [0.2, 0.25) is 0 Å². The first-order valence-corrected chi connectivity index (χ1v) is 11.7. The molecule has 0 spiro atoms. The molecule has 1 aromatic carbocycles. The Hall–Kier alpha value is -1.02. The van der Waals surface area contributed by atoms with E-state index in [2.05, 4.69) is 10.2 Å². The van der Waals surface area contributed by atoms with Crippen molar-refractivity contribution in [1.29, 1.82) is 0 Å². The van der Waals surface area contributed by atoms with E-state index in [0.29, 0.717) is 18.1 Å². The summed E-state index contributed by atoms with van der Waals surface area (Å²) in [7, 11) is -3.52. The summed E-state index contributed by atoms with van der Waals surface area (Å²) in [4.78, 5) is 14.0. The standard InChI is InChI=1S/C19H28Cl2N2O4S/c1-19(2,3)27-18(24)22-12-14-5-4-8-23(13-14)9-10-28(25,26)17-11-15(20)6-7-16(17)21/h6-7,11,14H,4-5,8-10,12-13H2,1-3H3,(H,22,24). The van der Waals surface area contributed by atoms with Crippen molar-refractivity contribution in [3.05, 3.63) is 28.2 Å². The maximum atomic E-state index is 12.6. The number of hydrogen-bond acceptors (Lipinski definition) is 5. The van der Waals surface area contributed by atoms with E-state index in [1.54, 1.807) is 6.07 Å². The molecule has 1 atom stereocenters. The molecular weight excluding hydrogens is 423 g/mol.